The Balaban J connectivity index is 3.31. The van der Waals surface area contributed by atoms with Crippen LogP contribution in [0.4, 0.5) is 18.9 Å². The lowest BCUT2D eigenvalue weighted by Crippen LogP contribution is -2.22. The third-order valence-electron chi connectivity index (χ3n) is 1.61. The van der Waals surface area contributed by atoms with E-state index >= 15 is 0 Å². The Morgan fingerprint density at radius 2 is 2.00 bits per heavy atom. The fraction of sp³-hybridized carbons (Fsp3) is 0.125. The van der Waals surface area contributed by atoms with E-state index in [1.165, 1.54) is 11.4 Å². The minimum Gasteiger partial charge on any atom is -0.317 e. The Hall–Kier alpha value is -1.52. The number of amides is 1. The number of halogens is 5. The Morgan fingerprint density at radius 1 is 1.41 bits per heavy atom. The summed E-state index contributed by atoms with van der Waals surface area (Å²) in [4.78, 5) is 14.0. The highest BCUT2D eigenvalue weighted by molar-refractivity contribution is 6.34. The summed E-state index contributed by atoms with van der Waals surface area (Å²) in [6.07, 6.45) is -3.37. The lowest BCUT2D eigenvalue weighted by atomic mass is 10.2. The maximum absolute atomic E-state index is 13.4. The van der Waals surface area contributed by atoms with Gasteiger partial charge in [-0.2, -0.15) is 14.0 Å². The van der Waals surface area contributed by atoms with Crippen molar-refractivity contribution in [3.63, 3.8) is 0 Å². The Labute approximate surface area is 103 Å². The number of carbonyl (C=O) groups excluding carboxylic acids is 1. The molecule has 90 valence electrons. The normalized spacial score (nSPS) is 10.2. The van der Waals surface area contributed by atoms with Gasteiger partial charge in [0.05, 0.1) is 0 Å². The van der Waals surface area contributed by atoms with Crippen LogP contribution in [0, 0.1) is 17.1 Å². The number of pyridine rings is 1. The maximum atomic E-state index is 13.4. The fourth-order valence-corrected chi connectivity index (χ4v) is 1.35. The first-order chi connectivity index (χ1) is 7.88. The van der Waals surface area contributed by atoms with Crippen LogP contribution in [0.1, 0.15) is 5.56 Å². The first kappa shape index (κ1) is 13.5. The molecule has 0 aliphatic rings. The van der Waals surface area contributed by atoms with Crippen molar-refractivity contribution in [1.82, 2.24) is 4.98 Å². The highest BCUT2D eigenvalue weighted by Crippen LogP contribution is 2.29. The van der Waals surface area contributed by atoms with E-state index in [0.717, 1.165) is 0 Å². The van der Waals surface area contributed by atoms with E-state index in [1.807, 2.05) is 0 Å². The third-order valence-corrected chi connectivity index (χ3v) is 2.14. The van der Waals surface area contributed by atoms with E-state index < -0.39 is 39.7 Å². The predicted octanol–water partition coefficient (Wildman–Crippen LogP) is 2.60. The summed E-state index contributed by atoms with van der Waals surface area (Å²) in [6.45, 7) is 0. The number of aromatic nitrogens is 1. The van der Waals surface area contributed by atoms with Crippen LogP contribution in [0.2, 0.25) is 10.3 Å². The number of hydrogen-bond donors (Lipinski definition) is 1. The molecule has 1 N–H and O–H groups in total. The number of nitriles is 1. The molecule has 1 aromatic rings. The molecule has 1 aromatic heterocycles. The Kier molecular flexibility index (Phi) is 4.15. The van der Waals surface area contributed by atoms with Crippen molar-refractivity contribution in [2.75, 3.05) is 5.32 Å². The van der Waals surface area contributed by atoms with Crippen LogP contribution in [0.3, 0.4) is 0 Å². The summed E-state index contributed by atoms with van der Waals surface area (Å²) in [5.74, 6) is -3.08. The van der Waals surface area contributed by atoms with Gasteiger partial charge < -0.3 is 5.32 Å². The SMILES string of the molecule is N#Cc1c(Cl)nc(Cl)c(F)c1NC(=O)C(F)F. The largest absolute Gasteiger partial charge is 0.317 e. The maximum Gasteiger partial charge on any atom is 0.315 e. The average Bonchev–Trinajstić information content (AvgIpc) is 2.25. The molecule has 0 radical (unpaired) electrons. The molecule has 1 amide bonds. The molecule has 4 nitrogen and oxygen atoms in total. The van der Waals surface area contributed by atoms with E-state index in [0.29, 0.717) is 0 Å². The Morgan fingerprint density at radius 3 is 2.47 bits per heavy atom. The fourth-order valence-electron chi connectivity index (χ4n) is 0.904. The van der Waals surface area contributed by atoms with Crippen LogP contribution in [-0.4, -0.2) is 17.3 Å². The molecule has 0 unspecified atom stereocenters. The number of anilines is 1. The van der Waals surface area contributed by atoms with Gasteiger partial charge >= 0.3 is 6.43 Å². The first-order valence-electron chi connectivity index (χ1n) is 3.92. The van der Waals surface area contributed by atoms with Gasteiger partial charge in [-0.25, -0.2) is 9.37 Å². The molecule has 0 bridgehead atoms. The molecule has 0 fully saturated rings. The van der Waals surface area contributed by atoms with Gasteiger partial charge in [0.2, 0.25) is 0 Å². The zero-order valence-corrected chi connectivity index (χ0v) is 9.28. The van der Waals surface area contributed by atoms with E-state index in [-0.39, 0.29) is 0 Å². The minimum absolute atomic E-state index is 0.497. The number of nitrogens with zero attached hydrogens (tertiary/aromatic N) is 2. The minimum atomic E-state index is -3.37. The van der Waals surface area contributed by atoms with E-state index in [1.54, 1.807) is 0 Å². The number of alkyl halides is 2. The average molecular weight is 284 g/mol. The lowest BCUT2D eigenvalue weighted by molar-refractivity contribution is -0.126. The summed E-state index contributed by atoms with van der Waals surface area (Å²) in [7, 11) is 0. The first-order valence-corrected chi connectivity index (χ1v) is 4.67. The molecular weight excluding hydrogens is 282 g/mol. The summed E-state index contributed by atoms with van der Waals surface area (Å²) in [5.41, 5.74) is -1.40. The summed E-state index contributed by atoms with van der Waals surface area (Å²) >= 11 is 10.7. The number of nitrogens with one attached hydrogen (secondary N) is 1. The molecule has 0 saturated heterocycles. The van der Waals surface area contributed by atoms with E-state index in [2.05, 4.69) is 4.98 Å². The molecule has 0 aromatic carbocycles. The van der Waals surface area contributed by atoms with Gasteiger partial charge in [0, 0.05) is 0 Å². The van der Waals surface area contributed by atoms with Gasteiger partial charge in [-0.1, -0.05) is 23.2 Å². The molecule has 0 spiro atoms. The van der Waals surface area contributed by atoms with Gasteiger partial charge in [-0.05, 0) is 0 Å². The highest BCUT2D eigenvalue weighted by atomic mass is 35.5. The molecule has 1 rings (SSSR count). The standard InChI is InChI=1S/C8H2Cl2F3N3O/c9-5-2(1-14)4(3(11)6(10)16-5)15-8(17)7(12)13/h7H,(H,15,16,17). The second-order valence-corrected chi connectivity index (χ2v) is 3.38. The molecule has 0 atom stereocenters. The van der Waals surface area contributed by atoms with Crippen LogP contribution >= 0.6 is 23.2 Å². The van der Waals surface area contributed by atoms with Gasteiger partial charge in [-0.3, -0.25) is 4.79 Å². The smallest absolute Gasteiger partial charge is 0.315 e. The van der Waals surface area contributed by atoms with Crippen molar-refractivity contribution < 1.29 is 18.0 Å². The van der Waals surface area contributed by atoms with Crippen molar-refractivity contribution in [1.29, 1.82) is 5.26 Å². The molecule has 0 aliphatic carbocycles. The van der Waals surface area contributed by atoms with Gasteiger partial charge in [0.15, 0.2) is 16.1 Å². The summed E-state index contributed by atoms with van der Waals surface area (Å²) in [6, 6.07) is 1.42. The van der Waals surface area contributed by atoms with Crippen molar-refractivity contribution in [3.8, 4) is 6.07 Å². The highest BCUT2D eigenvalue weighted by Gasteiger charge is 2.23. The molecule has 0 aliphatic heterocycles. The van der Waals surface area contributed by atoms with Crippen LogP contribution in [0.15, 0.2) is 0 Å². The van der Waals surface area contributed by atoms with Crippen molar-refractivity contribution in [3.05, 3.63) is 21.7 Å². The van der Waals surface area contributed by atoms with Gasteiger partial charge in [0.1, 0.15) is 17.3 Å². The molecule has 0 saturated carbocycles. The van der Waals surface area contributed by atoms with Gasteiger partial charge in [0.25, 0.3) is 5.91 Å². The predicted molar refractivity (Wildman–Crippen MR) is 53.6 cm³/mol. The Bertz CT molecular complexity index is 516. The zero-order valence-electron chi connectivity index (χ0n) is 7.77. The lowest BCUT2D eigenvalue weighted by Gasteiger charge is -2.09. The quantitative estimate of drug-likeness (QED) is 0.849. The monoisotopic (exact) mass is 283 g/mol. The summed E-state index contributed by atoms with van der Waals surface area (Å²) < 4.78 is 37.4. The molecule has 1 heterocycles. The third kappa shape index (κ3) is 2.78. The van der Waals surface area contributed by atoms with Crippen molar-refractivity contribution >= 4 is 34.8 Å². The topological polar surface area (TPSA) is 65.8 Å². The van der Waals surface area contributed by atoms with Gasteiger partial charge in [-0.15, -0.1) is 0 Å². The van der Waals surface area contributed by atoms with Crippen LogP contribution in [-0.2, 0) is 4.79 Å². The van der Waals surface area contributed by atoms with Crippen LogP contribution < -0.4 is 5.32 Å². The molecular formula is C8H2Cl2F3N3O. The second-order valence-electron chi connectivity index (χ2n) is 2.66. The van der Waals surface area contributed by atoms with Crippen molar-refractivity contribution in [2.45, 2.75) is 6.43 Å². The van der Waals surface area contributed by atoms with Crippen LogP contribution in [0.5, 0.6) is 0 Å². The second kappa shape index (κ2) is 5.21. The van der Waals surface area contributed by atoms with E-state index in [4.69, 9.17) is 28.5 Å². The van der Waals surface area contributed by atoms with Crippen molar-refractivity contribution in [2.24, 2.45) is 0 Å². The van der Waals surface area contributed by atoms with Crippen LogP contribution in [0.25, 0.3) is 0 Å². The number of hydrogen-bond acceptors (Lipinski definition) is 3. The molecule has 9 heteroatoms. The molecule has 17 heavy (non-hydrogen) atoms. The van der Waals surface area contributed by atoms with E-state index in [9.17, 15) is 18.0 Å². The number of carbonyl (C=O) groups is 1. The zero-order chi connectivity index (χ0) is 13.2. The summed E-state index contributed by atoms with van der Waals surface area (Å²) in [5, 5.41) is 8.92. The number of rotatable bonds is 2.